The molecule has 1 heterocycles. The van der Waals surface area contributed by atoms with E-state index in [4.69, 9.17) is 5.26 Å². The van der Waals surface area contributed by atoms with Crippen molar-refractivity contribution in [1.82, 2.24) is 9.55 Å². The first-order valence-corrected chi connectivity index (χ1v) is 5.71. The van der Waals surface area contributed by atoms with Crippen molar-refractivity contribution in [2.24, 2.45) is 5.92 Å². The average Bonchev–Trinajstić information content (AvgIpc) is 2.73. The van der Waals surface area contributed by atoms with Crippen LogP contribution in [-0.4, -0.2) is 14.7 Å². The smallest absolute Gasteiger partial charge is 0.111 e. The Hall–Kier alpha value is -1.34. The summed E-state index contributed by atoms with van der Waals surface area (Å²) >= 11 is 0. The zero-order chi connectivity index (χ0) is 12.1. The Morgan fingerprint density at radius 3 is 2.75 bits per heavy atom. The summed E-state index contributed by atoms with van der Waals surface area (Å²) in [7, 11) is 0. The highest BCUT2D eigenvalue weighted by atomic mass is 16.3. The number of hydrogen-bond donors (Lipinski definition) is 1. The van der Waals surface area contributed by atoms with Crippen LogP contribution in [0.3, 0.4) is 0 Å². The van der Waals surface area contributed by atoms with Crippen molar-refractivity contribution in [3.05, 3.63) is 18.2 Å². The molecule has 0 aliphatic carbocycles. The van der Waals surface area contributed by atoms with Crippen LogP contribution in [-0.2, 0) is 0 Å². The molecule has 0 aromatic carbocycles. The van der Waals surface area contributed by atoms with Crippen molar-refractivity contribution in [2.45, 2.75) is 45.8 Å². The van der Waals surface area contributed by atoms with Crippen LogP contribution in [0.25, 0.3) is 0 Å². The van der Waals surface area contributed by atoms with Gasteiger partial charge in [-0.25, -0.2) is 4.98 Å². The topological polar surface area (TPSA) is 61.8 Å². The maximum absolute atomic E-state index is 10.1. The summed E-state index contributed by atoms with van der Waals surface area (Å²) in [6.07, 6.45) is 4.20. The Bertz CT molecular complexity index is 365. The monoisotopic (exact) mass is 221 g/mol. The van der Waals surface area contributed by atoms with Crippen molar-refractivity contribution in [1.29, 1.82) is 5.26 Å². The fourth-order valence-electron chi connectivity index (χ4n) is 1.79. The van der Waals surface area contributed by atoms with E-state index in [1.807, 2.05) is 25.3 Å². The lowest BCUT2D eigenvalue weighted by Gasteiger charge is -2.19. The van der Waals surface area contributed by atoms with Gasteiger partial charge in [-0.1, -0.05) is 13.3 Å². The number of nitrogens with zero attached hydrogens (tertiary/aromatic N) is 3. The van der Waals surface area contributed by atoms with E-state index in [0.717, 1.165) is 12.1 Å². The molecule has 4 nitrogen and oxygen atoms in total. The van der Waals surface area contributed by atoms with Crippen LogP contribution in [0.15, 0.2) is 12.5 Å². The Morgan fingerprint density at radius 1 is 1.56 bits per heavy atom. The third kappa shape index (κ3) is 2.61. The largest absolute Gasteiger partial charge is 0.385 e. The Labute approximate surface area is 96.5 Å². The minimum absolute atomic E-state index is 0.244. The number of aliphatic hydroxyl groups excluding tert-OH is 1. The predicted octanol–water partition coefficient (Wildman–Crippen LogP) is 2.44. The lowest BCUT2D eigenvalue weighted by Crippen LogP contribution is -2.16. The zero-order valence-electron chi connectivity index (χ0n) is 10.1. The fourth-order valence-corrected chi connectivity index (χ4v) is 1.79. The molecule has 0 aliphatic rings. The van der Waals surface area contributed by atoms with E-state index in [2.05, 4.69) is 11.1 Å². The quantitative estimate of drug-likeness (QED) is 0.830. The van der Waals surface area contributed by atoms with E-state index in [-0.39, 0.29) is 12.0 Å². The Morgan fingerprint density at radius 2 is 2.25 bits per heavy atom. The summed E-state index contributed by atoms with van der Waals surface area (Å²) in [4.78, 5) is 4.03. The van der Waals surface area contributed by atoms with E-state index in [1.54, 1.807) is 12.5 Å². The SMILES string of the molecule is CCCC(C#N)C(O)c1cncn1C(C)C. The highest BCUT2D eigenvalue weighted by Gasteiger charge is 2.23. The van der Waals surface area contributed by atoms with Crippen LogP contribution in [0.2, 0.25) is 0 Å². The highest BCUT2D eigenvalue weighted by molar-refractivity contribution is 5.08. The van der Waals surface area contributed by atoms with Crippen molar-refractivity contribution in [2.75, 3.05) is 0 Å². The second-order valence-electron chi connectivity index (χ2n) is 4.29. The van der Waals surface area contributed by atoms with Gasteiger partial charge in [-0.3, -0.25) is 0 Å². The number of imidazole rings is 1. The first-order valence-electron chi connectivity index (χ1n) is 5.71. The third-order valence-corrected chi connectivity index (χ3v) is 2.70. The molecule has 0 aliphatic heterocycles. The number of rotatable bonds is 5. The second-order valence-corrected chi connectivity index (χ2v) is 4.29. The van der Waals surface area contributed by atoms with Gasteiger partial charge >= 0.3 is 0 Å². The van der Waals surface area contributed by atoms with Crippen LogP contribution in [0.5, 0.6) is 0 Å². The summed E-state index contributed by atoms with van der Waals surface area (Å²) in [6.45, 7) is 6.06. The molecule has 2 unspecified atom stereocenters. The predicted molar refractivity (Wildman–Crippen MR) is 61.6 cm³/mol. The normalized spacial score (nSPS) is 14.8. The molecule has 1 aromatic heterocycles. The van der Waals surface area contributed by atoms with Gasteiger partial charge in [-0.2, -0.15) is 5.26 Å². The molecule has 0 saturated heterocycles. The van der Waals surface area contributed by atoms with Crippen LogP contribution in [0, 0.1) is 17.2 Å². The molecular formula is C12H19N3O. The Balaban J connectivity index is 2.90. The van der Waals surface area contributed by atoms with E-state index < -0.39 is 6.10 Å². The van der Waals surface area contributed by atoms with E-state index in [0.29, 0.717) is 6.42 Å². The fraction of sp³-hybridized carbons (Fsp3) is 0.667. The molecule has 16 heavy (non-hydrogen) atoms. The second kappa shape index (κ2) is 5.66. The minimum Gasteiger partial charge on any atom is -0.385 e. The van der Waals surface area contributed by atoms with Crippen LogP contribution >= 0.6 is 0 Å². The molecule has 2 atom stereocenters. The van der Waals surface area contributed by atoms with Crippen molar-refractivity contribution >= 4 is 0 Å². The summed E-state index contributed by atoms with van der Waals surface area (Å²) in [5.74, 6) is -0.348. The molecule has 0 fully saturated rings. The van der Waals surface area contributed by atoms with Crippen molar-refractivity contribution < 1.29 is 5.11 Å². The summed E-state index contributed by atoms with van der Waals surface area (Å²) in [5.41, 5.74) is 0.731. The summed E-state index contributed by atoms with van der Waals surface area (Å²) in [5, 5.41) is 19.2. The molecule has 1 rings (SSSR count). The Kier molecular flexibility index (Phi) is 4.51. The molecule has 1 aromatic rings. The van der Waals surface area contributed by atoms with Crippen LogP contribution in [0.1, 0.15) is 51.5 Å². The number of nitriles is 1. The lowest BCUT2D eigenvalue weighted by atomic mass is 9.96. The van der Waals surface area contributed by atoms with E-state index in [9.17, 15) is 5.11 Å². The molecular weight excluding hydrogens is 202 g/mol. The van der Waals surface area contributed by atoms with Crippen LogP contribution in [0.4, 0.5) is 0 Å². The van der Waals surface area contributed by atoms with E-state index >= 15 is 0 Å². The minimum atomic E-state index is -0.741. The molecule has 0 bridgehead atoms. The first-order chi connectivity index (χ1) is 7.61. The molecule has 0 amide bonds. The van der Waals surface area contributed by atoms with Gasteiger partial charge in [0.15, 0.2) is 0 Å². The van der Waals surface area contributed by atoms with E-state index in [1.165, 1.54) is 0 Å². The lowest BCUT2D eigenvalue weighted by molar-refractivity contribution is 0.120. The number of hydrogen-bond acceptors (Lipinski definition) is 3. The molecule has 0 radical (unpaired) electrons. The molecule has 1 N–H and O–H groups in total. The van der Waals surface area contributed by atoms with Gasteiger partial charge in [0.2, 0.25) is 0 Å². The standard InChI is InChI=1S/C12H19N3O/c1-4-5-10(6-13)12(16)11-7-14-8-15(11)9(2)3/h7-10,12,16H,4-5H2,1-3H3. The number of aromatic nitrogens is 2. The van der Waals surface area contributed by atoms with Gasteiger partial charge in [-0.05, 0) is 20.3 Å². The molecule has 0 saturated carbocycles. The first kappa shape index (κ1) is 12.7. The van der Waals surface area contributed by atoms with Crippen molar-refractivity contribution in [3.63, 3.8) is 0 Å². The van der Waals surface area contributed by atoms with Gasteiger partial charge in [0.1, 0.15) is 6.10 Å². The zero-order valence-corrected chi connectivity index (χ0v) is 10.1. The van der Waals surface area contributed by atoms with Gasteiger partial charge in [0.25, 0.3) is 0 Å². The highest BCUT2D eigenvalue weighted by Crippen LogP contribution is 2.26. The average molecular weight is 221 g/mol. The van der Waals surface area contributed by atoms with Gasteiger partial charge in [0, 0.05) is 6.04 Å². The van der Waals surface area contributed by atoms with Crippen LogP contribution < -0.4 is 0 Å². The van der Waals surface area contributed by atoms with Crippen molar-refractivity contribution in [3.8, 4) is 6.07 Å². The summed E-state index contributed by atoms with van der Waals surface area (Å²) < 4.78 is 1.91. The van der Waals surface area contributed by atoms with Gasteiger partial charge < -0.3 is 9.67 Å². The van der Waals surface area contributed by atoms with Gasteiger partial charge in [-0.15, -0.1) is 0 Å². The number of aliphatic hydroxyl groups is 1. The molecule has 4 heteroatoms. The maximum Gasteiger partial charge on any atom is 0.111 e. The molecule has 0 spiro atoms. The third-order valence-electron chi connectivity index (χ3n) is 2.70. The molecule has 88 valence electrons. The summed E-state index contributed by atoms with van der Waals surface area (Å²) in [6, 6.07) is 2.41. The van der Waals surface area contributed by atoms with Gasteiger partial charge in [0.05, 0.1) is 30.2 Å². The maximum atomic E-state index is 10.1.